The van der Waals surface area contributed by atoms with Gasteiger partial charge in [-0.1, -0.05) is 39.3 Å². The highest BCUT2D eigenvalue weighted by Crippen LogP contribution is 2.76. The van der Waals surface area contributed by atoms with Crippen LogP contribution in [0.2, 0.25) is 0 Å². The van der Waals surface area contributed by atoms with Gasteiger partial charge in [-0.05, 0) is 105 Å². The topological polar surface area (TPSA) is 400 Å². The normalized spacial score (nSPS) is 53.8. The van der Waals surface area contributed by atoms with Gasteiger partial charge in [0.05, 0.1) is 57.1 Å². The summed E-state index contributed by atoms with van der Waals surface area (Å²) in [6.07, 6.45) is -25.9. The molecule has 4 heterocycles. The number of aliphatic hydroxyl groups is 14. The summed E-state index contributed by atoms with van der Waals surface area (Å²) >= 11 is 0. The molecule has 452 valence electrons. The van der Waals surface area contributed by atoms with E-state index in [4.69, 9.17) is 42.6 Å². The zero-order valence-corrected chi connectivity index (χ0v) is 45.7. The van der Waals surface area contributed by atoms with E-state index in [1.165, 1.54) is 7.11 Å². The molecule has 0 spiro atoms. The lowest BCUT2D eigenvalue weighted by molar-refractivity contribution is -0.387. The van der Waals surface area contributed by atoms with Crippen molar-refractivity contribution in [3.05, 3.63) is 11.6 Å². The average molecular weight is 1140 g/mol. The minimum absolute atomic E-state index is 0.0400. The second-order valence-electron chi connectivity index (χ2n) is 25.6. The van der Waals surface area contributed by atoms with E-state index in [2.05, 4.69) is 26.8 Å². The van der Waals surface area contributed by atoms with Gasteiger partial charge >= 0.3 is 11.9 Å². The smallest absolute Gasteiger partial charge is 0.315 e. The molecular weight excluding hydrogens is 1050 g/mol. The van der Waals surface area contributed by atoms with Crippen LogP contribution in [0.25, 0.3) is 0 Å². The second-order valence-corrected chi connectivity index (χ2v) is 25.6. The van der Waals surface area contributed by atoms with E-state index >= 15 is 0 Å². The summed E-state index contributed by atoms with van der Waals surface area (Å²) in [5.74, 6) is -1.69. The first-order valence-electron chi connectivity index (χ1n) is 28.0. The lowest BCUT2D eigenvalue weighted by Gasteiger charge is -2.71. The maximum Gasteiger partial charge on any atom is 0.315 e. The Bertz CT molecular complexity index is 2200. The molecule has 0 aromatic carbocycles. The maximum absolute atomic E-state index is 14.9. The van der Waals surface area contributed by atoms with Crippen molar-refractivity contribution in [3.63, 3.8) is 0 Å². The largest absolute Gasteiger partial charge is 0.469 e. The van der Waals surface area contributed by atoms with E-state index in [1.807, 2.05) is 13.8 Å². The van der Waals surface area contributed by atoms with E-state index < -0.39 is 194 Å². The number of hydrogen-bond acceptors (Lipinski definition) is 25. The molecule has 8 fully saturated rings. The predicted octanol–water partition coefficient (Wildman–Crippen LogP) is -3.27. The minimum atomic E-state index is -1.94. The molecule has 14 N–H and O–H groups in total. The quantitative estimate of drug-likeness (QED) is 0.0489. The molecule has 0 amide bonds. The van der Waals surface area contributed by atoms with E-state index in [-0.39, 0.29) is 36.7 Å². The number of ether oxygens (including phenoxy) is 9. The van der Waals surface area contributed by atoms with Crippen molar-refractivity contribution < 1.29 is 124 Å². The molecule has 25 heteroatoms. The van der Waals surface area contributed by atoms with Crippen molar-refractivity contribution in [2.24, 2.45) is 50.2 Å². The fourth-order valence-corrected chi connectivity index (χ4v) is 16.5. The number of hydrogen-bond donors (Lipinski definition) is 14. The first kappa shape index (κ1) is 61.4. The summed E-state index contributed by atoms with van der Waals surface area (Å²) in [6.45, 7) is 7.54. The third kappa shape index (κ3) is 9.85. The monoisotopic (exact) mass is 1130 g/mol. The molecule has 9 aliphatic rings. The number of esters is 2. The predicted molar refractivity (Wildman–Crippen MR) is 265 cm³/mol. The first-order valence-corrected chi connectivity index (χ1v) is 28.0. The van der Waals surface area contributed by atoms with E-state index in [0.29, 0.717) is 51.4 Å². The van der Waals surface area contributed by atoms with Crippen molar-refractivity contribution in [2.75, 3.05) is 40.1 Å². The van der Waals surface area contributed by atoms with Crippen LogP contribution in [0.1, 0.15) is 98.8 Å². The van der Waals surface area contributed by atoms with Crippen LogP contribution >= 0.6 is 0 Å². The number of allylic oxidation sites excluding steroid dienone is 2. The molecular formula is C54H86O25. The molecule has 4 saturated carbocycles. The van der Waals surface area contributed by atoms with Gasteiger partial charge in [-0.25, -0.2) is 0 Å². The van der Waals surface area contributed by atoms with Gasteiger partial charge in [-0.15, -0.1) is 0 Å². The van der Waals surface area contributed by atoms with E-state index in [9.17, 15) is 81.1 Å². The van der Waals surface area contributed by atoms with Crippen molar-refractivity contribution in [2.45, 2.75) is 222 Å². The van der Waals surface area contributed by atoms with Crippen LogP contribution in [0, 0.1) is 50.2 Å². The minimum Gasteiger partial charge on any atom is -0.469 e. The highest BCUT2D eigenvalue weighted by molar-refractivity contribution is 5.81. The molecule has 79 heavy (non-hydrogen) atoms. The van der Waals surface area contributed by atoms with Gasteiger partial charge in [-0.3, -0.25) is 9.59 Å². The van der Waals surface area contributed by atoms with Gasteiger partial charge in [0.2, 0.25) is 6.29 Å². The van der Waals surface area contributed by atoms with Crippen molar-refractivity contribution in [1.82, 2.24) is 0 Å². The number of fused-ring (bicyclic) bond motifs is 7. The molecule has 0 aromatic heterocycles. The number of rotatable bonds is 13. The van der Waals surface area contributed by atoms with Gasteiger partial charge in [0.1, 0.15) is 91.6 Å². The van der Waals surface area contributed by atoms with Gasteiger partial charge < -0.3 is 114 Å². The molecule has 0 bridgehead atoms. The van der Waals surface area contributed by atoms with Crippen LogP contribution in [0.5, 0.6) is 0 Å². The second kappa shape index (κ2) is 22.7. The lowest BCUT2D eigenvalue weighted by atomic mass is 9.33. The Labute approximate surface area is 458 Å². The Morgan fingerprint density at radius 3 is 1.76 bits per heavy atom. The first-order chi connectivity index (χ1) is 37.2. The average Bonchev–Trinajstić information content (AvgIpc) is 3.45. The van der Waals surface area contributed by atoms with Crippen LogP contribution in [0.15, 0.2) is 11.6 Å². The maximum atomic E-state index is 14.9. The Balaban J connectivity index is 0.945. The summed E-state index contributed by atoms with van der Waals surface area (Å²) in [6, 6.07) is 0. The third-order valence-corrected chi connectivity index (χ3v) is 21.6. The SMILES string of the molecule is COC(=O)[C@]1(C)CC[C@]2(C(=O)O[C@@H]3O[C@H](CO)[C@@H](O)[C@H](O)[C@H]3O)CC[C@]3(C)C(=CC[C@@H]4[C@@]5(C)CC[C@H](O[C@@H]6OC[C@H](O)[C@H](O[C@@H]7O[C@H](CO)[C@@H](O)[C@H](O)[C@H]7O[C@@H]7O[C@H](CO)[C@@H](O)[C@H](O)[C@H]7O)[C@H]6O)[C@@](C)(CO)[C@@H]5CC[C@]43C)[C@@H]2C1. The molecule has 4 aliphatic heterocycles. The zero-order valence-electron chi connectivity index (χ0n) is 45.7. The molecule has 0 radical (unpaired) electrons. The van der Waals surface area contributed by atoms with Crippen LogP contribution in [-0.2, 0) is 52.2 Å². The molecule has 29 atom stereocenters. The summed E-state index contributed by atoms with van der Waals surface area (Å²) in [4.78, 5) is 28.4. The standard InChI is InChI=1S/C54H86O25/c1-49(47(69)71-6)13-15-54(48(70)79-45-39(67)36(64)33(61)27(19-56)74-45)16-14-52(4)23(24(54)17-49)7-8-30-50(2)11-10-31(51(3,22-58)29(50)9-12-53(30,52)5)76-43-40(68)41(25(59)21-72-43)77-46-42(37(65)34(62)28(20-57)75-46)78-44-38(66)35(63)32(60)26(18-55)73-44/h7,24-46,55-68H,8-22H2,1-6H3/t24-,25-,26+,27+,28+,29+,30+,31-,32+,33+,34+,35-,36-,37-,38+,39+,40+,41-,42+,43-,44-,45-,46-,49+,50-,51-,52+,53+,54-/m0/s1. The lowest BCUT2D eigenvalue weighted by Crippen LogP contribution is -2.67. The van der Waals surface area contributed by atoms with Gasteiger partial charge in [0.15, 0.2) is 18.9 Å². The summed E-state index contributed by atoms with van der Waals surface area (Å²) in [5, 5.41) is 150. The van der Waals surface area contributed by atoms with Crippen LogP contribution in [0.4, 0.5) is 0 Å². The van der Waals surface area contributed by atoms with E-state index in [1.54, 1.807) is 0 Å². The molecule has 5 aliphatic carbocycles. The number of methoxy groups -OCH3 is 1. The molecule has 0 unspecified atom stereocenters. The van der Waals surface area contributed by atoms with Crippen LogP contribution in [-0.4, -0.2) is 246 Å². The Morgan fingerprint density at radius 2 is 1.15 bits per heavy atom. The Kier molecular flexibility index (Phi) is 17.6. The summed E-state index contributed by atoms with van der Waals surface area (Å²) < 4.78 is 52.8. The van der Waals surface area contributed by atoms with E-state index in [0.717, 1.165) is 5.57 Å². The fraction of sp³-hybridized carbons (Fsp3) is 0.926. The number of aliphatic hydroxyl groups excluding tert-OH is 14. The third-order valence-electron chi connectivity index (χ3n) is 21.6. The Hall–Kier alpha value is -2.16. The highest BCUT2D eigenvalue weighted by Gasteiger charge is 2.71. The number of carbonyl (C=O) groups excluding carboxylic acids is 2. The number of carbonyl (C=O) groups is 2. The molecule has 4 saturated heterocycles. The van der Waals surface area contributed by atoms with Crippen molar-refractivity contribution >= 4 is 11.9 Å². The van der Waals surface area contributed by atoms with Crippen LogP contribution < -0.4 is 0 Å². The van der Waals surface area contributed by atoms with Gasteiger partial charge in [0.25, 0.3) is 0 Å². The summed E-state index contributed by atoms with van der Waals surface area (Å²) in [7, 11) is 1.34. The van der Waals surface area contributed by atoms with Crippen molar-refractivity contribution in [3.8, 4) is 0 Å². The van der Waals surface area contributed by atoms with Gasteiger partial charge in [-0.2, -0.15) is 0 Å². The molecule has 0 aromatic rings. The Morgan fingerprint density at radius 1 is 0.582 bits per heavy atom. The zero-order chi connectivity index (χ0) is 57.7. The summed E-state index contributed by atoms with van der Waals surface area (Å²) in [5.41, 5.74) is -3.32. The highest BCUT2D eigenvalue weighted by atomic mass is 16.8. The van der Waals surface area contributed by atoms with Crippen molar-refractivity contribution in [1.29, 1.82) is 0 Å². The molecule has 25 nitrogen and oxygen atoms in total. The fourth-order valence-electron chi connectivity index (χ4n) is 16.5. The molecule has 9 rings (SSSR count). The van der Waals surface area contributed by atoms with Gasteiger partial charge in [0, 0.05) is 5.41 Å². The van der Waals surface area contributed by atoms with Crippen LogP contribution in [0.3, 0.4) is 0 Å².